The summed E-state index contributed by atoms with van der Waals surface area (Å²) >= 11 is 9.37. The Morgan fingerprint density at radius 3 is 2.68 bits per heavy atom. The molecule has 1 fully saturated rings. The number of anilines is 1. The number of amides is 1. The van der Waals surface area contributed by atoms with Crippen LogP contribution in [0.1, 0.15) is 6.42 Å². The molecule has 0 bridgehead atoms. The van der Waals surface area contributed by atoms with Crippen LogP contribution in [0.15, 0.2) is 22.7 Å². The zero-order valence-corrected chi connectivity index (χ0v) is 13.6. The lowest BCUT2D eigenvalue weighted by molar-refractivity contribution is -0.117. The van der Waals surface area contributed by atoms with Crippen LogP contribution < -0.4 is 4.90 Å². The van der Waals surface area contributed by atoms with Gasteiger partial charge < -0.3 is 4.90 Å². The first kappa shape index (κ1) is 15.1. The Labute approximate surface area is 129 Å². The summed E-state index contributed by atoms with van der Waals surface area (Å²) in [6, 6.07) is 5.19. The number of carbonyl (C=O) groups excluding carboxylic acids is 1. The van der Waals surface area contributed by atoms with Crippen LogP contribution in [0, 0.1) is 5.92 Å². The number of halogens is 3. The number of benzene rings is 1. The highest BCUT2D eigenvalue weighted by Crippen LogP contribution is 2.33. The van der Waals surface area contributed by atoms with E-state index in [9.17, 15) is 13.2 Å². The number of nitrogens with zero attached hydrogens (tertiary/aromatic N) is 1. The Morgan fingerprint density at radius 1 is 1.42 bits per heavy atom. The van der Waals surface area contributed by atoms with Crippen molar-refractivity contribution in [3.63, 3.8) is 0 Å². The molecule has 8 heteroatoms. The van der Waals surface area contributed by atoms with Crippen molar-refractivity contribution < 1.29 is 13.2 Å². The van der Waals surface area contributed by atoms with E-state index in [1.807, 2.05) is 0 Å². The lowest BCUT2D eigenvalue weighted by atomic mass is 10.1. The topological polar surface area (TPSA) is 54.5 Å². The van der Waals surface area contributed by atoms with Gasteiger partial charge in [0.15, 0.2) is 0 Å². The minimum Gasteiger partial charge on any atom is -0.311 e. The van der Waals surface area contributed by atoms with Gasteiger partial charge in [-0.25, -0.2) is 8.42 Å². The fourth-order valence-electron chi connectivity index (χ4n) is 2.11. The summed E-state index contributed by atoms with van der Waals surface area (Å²) in [7, 11) is 1.62. The van der Waals surface area contributed by atoms with Crippen LogP contribution >= 0.6 is 38.2 Å². The summed E-state index contributed by atoms with van der Waals surface area (Å²) in [4.78, 5) is 13.4. The van der Waals surface area contributed by atoms with Gasteiger partial charge in [-0.05, 0) is 18.2 Å². The number of rotatable bonds is 3. The number of hydrogen-bond donors (Lipinski definition) is 0. The van der Waals surface area contributed by atoms with E-state index < -0.39 is 9.05 Å². The van der Waals surface area contributed by atoms with Crippen molar-refractivity contribution >= 4 is 58.9 Å². The fourth-order valence-corrected chi connectivity index (χ4v) is 4.20. The normalized spacial score (nSPS) is 20.1. The second-order valence-corrected chi connectivity index (χ2v) is 8.52. The molecule has 1 saturated heterocycles. The predicted octanol–water partition coefficient (Wildman–Crippen LogP) is 3.02. The molecule has 0 spiro atoms. The SMILES string of the molecule is O=C1CC(CS(=O)(=O)Cl)CN1c1ccc(Br)cc1Cl. The van der Waals surface area contributed by atoms with Gasteiger partial charge in [0.25, 0.3) is 0 Å². The van der Waals surface area contributed by atoms with Crippen molar-refractivity contribution in [2.45, 2.75) is 6.42 Å². The molecule has 1 aliphatic rings. The molecule has 1 aliphatic heterocycles. The standard InChI is InChI=1S/C11H10BrCl2NO3S/c12-8-1-2-10(9(13)4-8)15-5-7(3-11(15)16)6-19(14,17)18/h1-2,4,7H,3,5-6H2. The third-order valence-corrected chi connectivity index (χ3v) is 4.88. The van der Waals surface area contributed by atoms with Crippen LogP contribution in [0.2, 0.25) is 5.02 Å². The molecular weight excluding hydrogens is 377 g/mol. The molecule has 0 aliphatic carbocycles. The molecule has 4 nitrogen and oxygen atoms in total. The van der Waals surface area contributed by atoms with Crippen LogP contribution in [-0.2, 0) is 13.8 Å². The monoisotopic (exact) mass is 385 g/mol. The maximum atomic E-state index is 11.9. The molecule has 1 aromatic carbocycles. The third kappa shape index (κ3) is 3.84. The first-order valence-corrected chi connectivity index (χ1v) is 9.09. The van der Waals surface area contributed by atoms with E-state index in [4.69, 9.17) is 22.3 Å². The maximum absolute atomic E-state index is 11.9. The molecule has 1 aromatic rings. The van der Waals surface area contributed by atoms with Crippen molar-refractivity contribution in [1.82, 2.24) is 0 Å². The van der Waals surface area contributed by atoms with E-state index in [0.717, 1.165) is 4.47 Å². The molecule has 1 amide bonds. The van der Waals surface area contributed by atoms with E-state index in [1.54, 1.807) is 18.2 Å². The van der Waals surface area contributed by atoms with Gasteiger partial charge in [0, 0.05) is 34.0 Å². The van der Waals surface area contributed by atoms with Crippen molar-refractivity contribution in [1.29, 1.82) is 0 Å². The average molecular weight is 387 g/mol. The zero-order valence-electron chi connectivity index (χ0n) is 9.64. The van der Waals surface area contributed by atoms with Crippen LogP contribution in [-0.4, -0.2) is 26.6 Å². The molecule has 0 N–H and O–H groups in total. The van der Waals surface area contributed by atoms with Crippen molar-refractivity contribution in [3.05, 3.63) is 27.7 Å². The number of hydrogen-bond acceptors (Lipinski definition) is 3. The van der Waals surface area contributed by atoms with Gasteiger partial charge >= 0.3 is 0 Å². The van der Waals surface area contributed by atoms with Gasteiger partial charge in [0.05, 0.1) is 16.5 Å². The Balaban J connectivity index is 2.20. The van der Waals surface area contributed by atoms with E-state index in [1.165, 1.54) is 4.90 Å². The van der Waals surface area contributed by atoms with Gasteiger partial charge in [-0.1, -0.05) is 27.5 Å². The van der Waals surface area contributed by atoms with Crippen LogP contribution in [0.3, 0.4) is 0 Å². The minimum absolute atomic E-state index is 0.144. The zero-order chi connectivity index (χ0) is 14.2. The highest BCUT2D eigenvalue weighted by Gasteiger charge is 2.33. The Kier molecular flexibility index (Phi) is 4.45. The molecule has 104 valence electrons. The van der Waals surface area contributed by atoms with Gasteiger partial charge in [-0.3, -0.25) is 4.79 Å². The molecular formula is C11H10BrCl2NO3S. The third-order valence-electron chi connectivity index (χ3n) is 2.84. The van der Waals surface area contributed by atoms with E-state index in [2.05, 4.69) is 15.9 Å². The molecule has 19 heavy (non-hydrogen) atoms. The van der Waals surface area contributed by atoms with E-state index >= 15 is 0 Å². The second kappa shape index (κ2) is 5.60. The summed E-state index contributed by atoms with van der Waals surface area (Å²) in [5, 5.41) is 0.442. The highest BCUT2D eigenvalue weighted by molar-refractivity contribution is 9.10. The molecule has 2 rings (SSSR count). The average Bonchev–Trinajstić information content (AvgIpc) is 2.56. The Morgan fingerprint density at radius 2 is 2.11 bits per heavy atom. The first-order valence-electron chi connectivity index (χ1n) is 5.44. The maximum Gasteiger partial charge on any atom is 0.232 e. The number of carbonyl (C=O) groups is 1. The highest BCUT2D eigenvalue weighted by atomic mass is 79.9. The lowest BCUT2D eigenvalue weighted by Gasteiger charge is -2.18. The summed E-state index contributed by atoms with van der Waals surface area (Å²) < 4.78 is 22.9. The Hall–Kier alpha value is -0.300. The van der Waals surface area contributed by atoms with Crippen molar-refractivity contribution in [3.8, 4) is 0 Å². The quantitative estimate of drug-likeness (QED) is 0.750. The summed E-state index contributed by atoms with van der Waals surface area (Å²) in [6.45, 7) is 0.312. The first-order chi connectivity index (χ1) is 8.76. The van der Waals surface area contributed by atoms with Crippen molar-refractivity contribution in [2.24, 2.45) is 5.92 Å². The molecule has 1 atom stereocenters. The largest absolute Gasteiger partial charge is 0.311 e. The Bertz CT molecular complexity index is 620. The van der Waals surface area contributed by atoms with Crippen LogP contribution in [0.4, 0.5) is 5.69 Å². The summed E-state index contributed by atoms with van der Waals surface area (Å²) in [5.74, 6) is -0.644. The summed E-state index contributed by atoms with van der Waals surface area (Å²) in [5.41, 5.74) is 0.587. The molecule has 0 saturated carbocycles. The molecule has 0 radical (unpaired) electrons. The van der Waals surface area contributed by atoms with Crippen LogP contribution in [0.25, 0.3) is 0 Å². The lowest BCUT2D eigenvalue weighted by Crippen LogP contribution is -2.25. The molecule has 1 heterocycles. The van der Waals surface area contributed by atoms with Crippen molar-refractivity contribution in [2.75, 3.05) is 17.2 Å². The second-order valence-electron chi connectivity index (χ2n) is 4.38. The van der Waals surface area contributed by atoms with Gasteiger partial charge in [-0.2, -0.15) is 0 Å². The molecule has 0 aromatic heterocycles. The minimum atomic E-state index is -3.60. The smallest absolute Gasteiger partial charge is 0.232 e. The fraction of sp³-hybridized carbons (Fsp3) is 0.364. The summed E-state index contributed by atoms with van der Waals surface area (Å²) in [6.07, 6.45) is 0.165. The van der Waals surface area contributed by atoms with E-state index in [-0.39, 0.29) is 24.0 Å². The predicted molar refractivity (Wildman–Crippen MR) is 79.3 cm³/mol. The van der Waals surface area contributed by atoms with E-state index in [0.29, 0.717) is 17.3 Å². The van der Waals surface area contributed by atoms with Gasteiger partial charge in [-0.15, -0.1) is 0 Å². The van der Waals surface area contributed by atoms with Gasteiger partial charge in [0.1, 0.15) is 0 Å². The van der Waals surface area contributed by atoms with Gasteiger partial charge in [0.2, 0.25) is 15.0 Å². The van der Waals surface area contributed by atoms with Crippen LogP contribution in [0.5, 0.6) is 0 Å². The molecule has 1 unspecified atom stereocenters.